The molecule has 7 nitrogen and oxygen atoms in total. The maximum absolute atomic E-state index is 12.9. The van der Waals surface area contributed by atoms with Crippen LogP contribution in [-0.4, -0.2) is 57.9 Å². The highest BCUT2D eigenvalue weighted by Crippen LogP contribution is 2.28. The largest absolute Gasteiger partial charge is 0.415 e. The number of hydrogen-bond donors (Lipinski definition) is 0. The van der Waals surface area contributed by atoms with Gasteiger partial charge in [-0.3, -0.25) is 4.79 Å². The van der Waals surface area contributed by atoms with Crippen LogP contribution in [0.25, 0.3) is 5.78 Å². The Morgan fingerprint density at radius 3 is 2.83 bits per heavy atom. The Hall–Kier alpha value is -2.95. The van der Waals surface area contributed by atoms with Crippen LogP contribution in [0.4, 0.5) is 13.2 Å². The van der Waals surface area contributed by atoms with E-state index >= 15 is 0 Å². The van der Waals surface area contributed by atoms with Crippen LogP contribution in [0.1, 0.15) is 33.4 Å². The molecular formula is C18H15BF3N5O2. The summed E-state index contributed by atoms with van der Waals surface area (Å²) in [4.78, 5) is 22.7. The zero-order valence-corrected chi connectivity index (χ0v) is 15.3. The van der Waals surface area contributed by atoms with Crippen LogP contribution >= 0.6 is 0 Å². The van der Waals surface area contributed by atoms with E-state index in [0.717, 1.165) is 23.9 Å². The number of aromatic nitrogens is 4. The molecule has 0 bridgehead atoms. The Morgan fingerprint density at radius 2 is 2.10 bits per heavy atom. The van der Waals surface area contributed by atoms with E-state index in [1.165, 1.54) is 11.2 Å². The Labute approximate surface area is 164 Å². The fourth-order valence-electron chi connectivity index (χ4n) is 3.34. The molecule has 1 atom stereocenters. The maximum atomic E-state index is 12.9. The second kappa shape index (κ2) is 7.14. The average Bonchev–Trinajstić information content (AvgIpc) is 3.14. The Balaban J connectivity index is 1.59. The SMILES string of the molecule is [B]c1cc(C(=O)N2CCO[C@H](c3cc(C)nc4ncnn34)C2)ccc1C(F)(F)F. The number of carbonyl (C=O) groups excluding carboxylic acids is 1. The number of carbonyl (C=O) groups is 1. The van der Waals surface area contributed by atoms with Crippen molar-refractivity contribution in [1.82, 2.24) is 24.5 Å². The number of fused-ring (bicyclic) bond motifs is 1. The summed E-state index contributed by atoms with van der Waals surface area (Å²) in [6.07, 6.45) is -3.68. The normalized spacial score (nSPS) is 17.7. The first kappa shape index (κ1) is 19.4. The van der Waals surface area contributed by atoms with Crippen LogP contribution in [0, 0.1) is 6.92 Å². The van der Waals surface area contributed by atoms with Gasteiger partial charge < -0.3 is 9.64 Å². The van der Waals surface area contributed by atoms with Gasteiger partial charge in [0.1, 0.15) is 20.3 Å². The number of hydrogen-bond acceptors (Lipinski definition) is 5. The van der Waals surface area contributed by atoms with Gasteiger partial charge >= 0.3 is 6.18 Å². The lowest BCUT2D eigenvalue weighted by Gasteiger charge is -2.33. The van der Waals surface area contributed by atoms with E-state index in [-0.39, 0.29) is 18.7 Å². The second-order valence-electron chi connectivity index (χ2n) is 6.70. The summed E-state index contributed by atoms with van der Waals surface area (Å²) in [6, 6.07) is 4.82. The first-order chi connectivity index (χ1) is 13.7. The third kappa shape index (κ3) is 3.69. The summed E-state index contributed by atoms with van der Waals surface area (Å²) >= 11 is 0. The Kier molecular flexibility index (Phi) is 4.77. The van der Waals surface area contributed by atoms with Crippen molar-refractivity contribution in [3.63, 3.8) is 0 Å². The van der Waals surface area contributed by atoms with Crippen LogP contribution in [0.3, 0.4) is 0 Å². The van der Waals surface area contributed by atoms with Crippen molar-refractivity contribution in [3.8, 4) is 0 Å². The molecule has 148 valence electrons. The predicted octanol–water partition coefficient (Wildman–Crippen LogP) is 1.46. The van der Waals surface area contributed by atoms with E-state index < -0.39 is 29.2 Å². The number of alkyl halides is 3. The lowest BCUT2D eigenvalue weighted by atomic mass is 9.88. The molecule has 0 spiro atoms. The lowest BCUT2D eigenvalue weighted by Crippen LogP contribution is -2.43. The van der Waals surface area contributed by atoms with Gasteiger partial charge in [-0.25, -0.2) is 4.98 Å². The molecule has 1 aliphatic heterocycles. The number of morpholine rings is 1. The Bertz CT molecular complexity index is 1090. The monoisotopic (exact) mass is 401 g/mol. The van der Waals surface area contributed by atoms with Crippen molar-refractivity contribution >= 4 is 25.0 Å². The highest BCUT2D eigenvalue weighted by Gasteiger charge is 2.33. The number of halogens is 3. The highest BCUT2D eigenvalue weighted by molar-refractivity contribution is 6.33. The van der Waals surface area contributed by atoms with Gasteiger partial charge in [0.15, 0.2) is 0 Å². The molecule has 4 rings (SSSR count). The molecule has 2 aromatic heterocycles. The van der Waals surface area contributed by atoms with Gasteiger partial charge in [0.05, 0.1) is 18.8 Å². The summed E-state index contributed by atoms with van der Waals surface area (Å²) in [5.74, 6) is 0.00176. The zero-order valence-electron chi connectivity index (χ0n) is 15.3. The smallest absolute Gasteiger partial charge is 0.368 e. The lowest BCUT2D eigenvalue weighted by molar-refractivity contribution is -0.136. The van der Waals surface area contributed by atoms with E-state index in [4.69, 9.17) is 12.6 Å². The van der Waals surface area contributed by atoms with E-state index in [0.29, 0.717) is 18.0 Å². The zero-order chi connectivity index (χ0) is 20.8. The van der Waals surface area contributed by atoms with Crippen LogP contribution in [0.15, 0.2) is 30.6 Å². The molecule has 2 radical (unpaired) electrons. The quantitative estimate of drug-likeness (QED) is 0.609. The predicted molar refractivity (Wildman–Crippen MR) is 96.9 cm³/mol. The van der Waals surface area contributed by atoms with E-state index in [1.807, 2.05) is 6.92 Å². The molecular weight excluding hydrogens is 386 g/mol. The molecule has 29 heavy (non-hydrogen) atoms. The van der Waals surface area contributed by atoms with Crippen LogP contribution < -0.4 is 5.46 Å². The van der Waals surface area contributed by atoms with E-state index in [9.17, 15) is 18.0 Å². The molecule has 1 amide bonds. The summed E-state index contributed by atoms with van der Waals surface area (Å²) in [5.41, 5.74) is 0.0578. The van der Waals surface area contributed by atoms with Gasteiger partial charge in [0.2, 0.25) is 0 Å². The number of aryl methyl sites for hydroxylation is 1. The molecule has 0 unspecified atom stereocenters. The molecule has 0 N–H and O–H groups in total. The molecule has 3 aromatic rings. The minimum atomic E-state index is -4.57. The molecule has 1 fully saturated rings. The summed E-state index contributed by atoms with van der Waals surface area (Å²) in [5, 5.41) is 4.14. The second-order valence-corrected chi connectivity index (χ2v) is 6.70. The van der Waals surface area contributed by atoms with Crippen molar-refractivity contribution in [2.45, 2.75) is 19.2 Å². The number of amides is 1. The van der Waals surface area contributed by atoms with Crippen molar-refractivity contribution in [3.05, 3.63) is 53.1 Å². The van der Waals surface area contributed by atoms with Crippen LogP contribution in [0.5, 0.6) is 0 Å². The first-order valence-corrected chi connectivity index (χ1v) is 8.79. The number of benzene rings is 1. The topological polar surface area (TPSA) is 72.6 Å². The Morgan fingerprint density at radius 1 is 1.31 bits per heavy atom. The summed E-state index contributed by atoms with van der Waals surface area (Å²) in [6.45, 7) is 2.60. The highest BCUT2D eigenvalue weighted by atomic mass is 19.4. The number of rotatable bonds is 2. The standard InChI is InChI=1S/C18H15BF3N5O2/c1-10-6-14(27-17(25-10)23-9-24-27)15-8-26(4-5-29-15)16(28)11-2-3-12(13(19)7-11)18(20,21)22/h2-3,6-7,9,15H,4-5,8H2,1H3/t15-/m0/s1. The third-order valence-corrected chi connectivity index (χ3v) is 4.69. The molecule has 1 aliphatic rings. The van der Waals surface area contributed by atoms with Gasteiger partial charge in [-0.05, 0) is 25.1 Å². The van der Waals surface area contributed by atoms with Gasteiger partial charge in [0, 0.05) is 23.4 Å². The molecule has 0 aliphatic carbocycles. The van der Waals surface area contributed by atoms with Gasteiger partial charge in [-0.2, -0.15) is 27.8 Å². The molecule has 11 heteroatoms. The van der Waals surface area contributed by atoms with Gasteiger partial charge in [-0.1, -0.05) is 11.5 Å². The number of nitrogens with zero attached hydrogens (tertiary/aromatic N) is 5. The van der Waals surface area contributed by atoms with Crippen molar-refractivity contribution < 1.29 is 22.7 Å². The minimum Gasteiger partial charge on any atom is -0.368 e. The third-order valence-electron chi connectivity index (χ3n) is 4.69. The molecule has 0 saturated carbocycles. The van der Waals surface area contributed by atoms with Crippen molar-refractivity contribution in [1.29, 1.82) is 0 Å². The van der Waals surface area contributed by atoms with Gasteiger partial charge in [0.25, 0.3) is 11.7 Å². The minimum absolute atomic E-state index is 0.0907. The van der Waals surface area contributed by atoms with Crippen molar-refractivity contribution in [2.24, 2.45) is 0 Å². The fraction of sp³-hybridized carbons (Fsp3) is 0.333. The average molecular weight is 401 g/mol. The van der Waals surface area contributed by atoms with E-state index in [2.05, 4.69) is 15.1 Å². The number of ether oxygens (including phenoxy) is 1. The maximum Gasteiger partial charge on any atom is 0.415 e. The summed E-state index contributed by atoms with van der Waals surface area (Å²) < 4.78 is 46.1. The van der Waals surface area contributed by atoms with Crippen molar-refractivity contribution in [2.75, 3.05) is 19.7 Å². The molecule has 1 saturated heterocycles. The van der Waals surface area contributed by atoms with Crippen LogP contribution in [0.2, 0.25) is 0 Å². The fourth-order valence-corrected chi connectivity index (χ4v) is 3.34. The van der Waals surface area contributed by atoms with Gasteiger partial charge in [-0.15, -0.1) is 0 Å². The molecule has 1 aromatic carbocycles. The molecule has 3 heterocycles. The first-order valence-electron chi connectivity index (χ1n) is 8.79. The summed E-state index contributed by atoms with van der Waals surface area (Å²) in [7, 11) is 5.52. The van der Waals surface area contributed by atoms with E-state index in [1.54, 1.807) is 10.6 Å². The van der Waals surface area contributed by atoms with Crippen LogP contribution in [-0.2, 0) is 10.9 Å².